The van der Waals surface area contributed by atoms with Gasteiger partial charge in [-0.3, -0.25) is 4.79 Å². The fourth-order valence-electron chi connectivity index (χ4n) is 3.93. The van der Waals surface area contributed by atoms with Crippen molar-refractivity contribution in [1.29, 1.82) is 0 Å². The van der Waals surface area contributed by atoms with E-state index in [9.17, 15) is 9.18 Å². The summed E-state index contributed by atoms with van der Waals surface area (Å²) in [5, 5.41) is 10.5. The van der Waals surface area contributed by atoms with Gasteiger partial charge < -0.3 is 20.3 Å². The smallest absolute Gasteiger partial charge is 0.256 e. The average molecular weight is 396 g/mol. The number of carbonyl (C=O) groups is 1. The first-order valence-electron chi connectivity index (χ1n) is 9.63. The predicted octanol–water partition coefficient (Wildman–Crippen LogP) is 1.99. The molecule has 4 heterocycles. The molecule has 2 atom stereocenters. The number of nitrogens with zero attached hydrogens (tertiary/aromatic N) is 4. The molecule has 2 aliphatic rings. The molecular weight excluding hydrogens is 375 g/mol. The zero-order valence-electron chi connectivity index (χ0n) is 15.9. The van der Waals surface area contributed by atoms with Gasteiger partial charge in [-0.15, -0.1) is 0 Å². The monoisotopic (exact) mass is 396 g/mol. The third-order valence-corrected chi connectivity index (χ3v) is 5.40. The Labute approximate surface area is 166 Å². The number of nitrogens with one attached hydrogen (secondary N) is 2. The molecule has 3 aromatic rings. The fraction of sp³-hybridized carbons (Fsp3) is 0.350. The second kappa shape index (κ2) is 7.00. The van der Waals surface area contributed by atoms with Crippen LogP contribution in [-0.2, 0) is 4.74 Å². The van der Waals surface area contributed by atoms with Crippen molar-refractivity contribution in [3.8, 4) is 0 Å². The summed E-state index contributed by atoms with van der Waals surface area (Å²) in [7, 11) is 0. The predicted molar refractivity (Wildman–Crippen MR) is 106 cm³/mol. The summed E-state index contributed by atoms with van der Waals surface area (Å²) in [4.78, 5) is 19.4. The summed E-state index contributed by atoms with van der Waals surface area (Å²) >= 11 is 0. The number of halogens is 1. The zero-order chi connectivity index (χ0) is 20.0. The van der Waals surface area contributed by atoms with Crippen LogP contribution in [0.1, 0.15) is 28.9 Å². The number of fused-ring (bicyclic) bond motifs is 5. The minimum absolute atomic E-state index is 0.165. The molecule has 150 valence electrons. The molecule has 0 radical (unpaired) electrons. The lowest BCUT2D eigenvalue weighted by Gasteiger charge is -2.36. The number of benzene rings is 1. The number of amides is 1. The number of morpholine rings is 1. The van der Waals surface area contributed by atoms with Crippen LogP contribution in [0.15, 0.2) is 36.7 Å². The summed E-state index contributed by atoms with van der Waals surface area (Å²) < 4.78 is 21.5. The van der Waals surface area contributed by atoms with Crippen LogP contribution in [0.3, 0.4) is 0 Å². The summed E-state index contributed by atoms with van der Waals surface area (Å²) in [6, 6.07) is 6.44. The van der Waals surface area contributed by atoms with Crippen molar-refractivity contribution >= 4 is 23.1 Å². The Morgan fingerprint density at radius 1 is 1.31 bits per heavy atom. The fourth-order valence-corrected chi connectivity index (χ4v) is 3.93. The highest BCUT2D eigenvalue weighted by atomic mass is 19.1. The minimum Gasteiger partial charge on any atom is -0.373 e. The number of ether oxygens (including phenoxy) is 1. The SMILES string of the molecule is C[C@H]1Nc2ccn3ncc(c3n2)C(=O)NC[C@H]2CN(CCO2)c2ccc(F)cc21. The van der Waals surface area contributed by atoms with Gasteiger partial charge in [-0.2, -0.15) is 5.10 Å². The Balaban J connectivity index is 1.62. The van der Waals surface area contributed by atoms with Crippen molar-refractivity contribution in [3.05, 3.63) is 53.6 Å². The largest absolute Gasteiger partial charge is 0.373 e. The van der Waals surface area contributed by atoms with Gasteiger partial charge in [-0.05, 0) is 31.2 Å². The van der Waals surface area contributed by atoms with Crippen LogP contribution in [0, 0.1) is 5.82 Å². The molecule has 2 aliphatic heterocycles. The van der Waals surface area contributed by atoms with E-state index in [1.165, 1.54) is 12.3 Å². The van der Waals surface area contributed by atoms with Gasteiger partial charge in [-0.25, -0.2) is 13.9 Å². The van der Waals surface area contributed by atoms with Crippen LogP contribution in [0.25, 0.3) is 5.65 Å². The van der Waals surface area contributed by atoms with E-state index in [0.717, 1.165) is 11.3 Å². The number of rotatable bonds is 0. The van der Waals surface area contributed by atoms with Gasteiger partial charge in [0.05, 0.1) is 24.9 Å². The number of hydrogen-bond donors (Lipinski definition) is 2. The molecule has 2 N–H and O–H groups in total. The average Bonchev–Trinajstić information content (AvgIpc) is 3.15. The maximum absolute atomic E-state index is 14.1. The van der Waals surface area contributed by atoms with Gasteiger partial charge in [-0.1, -0.05) is 0 Å². The lowest BCUT2D eigenvalue weighted by atomic mass is 10.0. The van der Waals surface area contributed by atoms with E-state index in [-0.39, 0.29) is 23.9 Å². The normalized spacial score (nSPS) is 22.0. The molecule has 1 aromatic carbocycles. The van der Waals surface area contributed by atoms with Crippen LogP contribution in [0.2, 0.25) is 0 Å². The Bertz CT molecular complexity index is 1080. The van der Waals surface area contributed by atoms with E-state index in [1.54, 1.807) is 28.9 Å². The molecule has 1 fully saturated rings. The molecule has 0 aliphatic carbocycles. The van der Waals surface area contributed by atoms with E-state index < -0.39 is 0 Å². The number of carbonyl (C=O) groups excluding carboxylic acids is 1. The van der Waals surface area contributed by atoms with Gasteiger partial charge in [0.25, 0.3) is 5.91 Å². The van der Waals surface area contributed by atoms with Crippen LogP contribution in [-0.4, -0.2) is 52.9 Å². The third-order valence-electron chi connectivity index (χ3n) is 5.40. The first-order valence-corrected chi connectivity index (χ1v) is 9.63. The summed E-state index contributed by atoms with van der Waals surface area (Å²) in [5.41, 5.74) is 2.66. The van der Waals surface area contributed by atoms with Gasteiger partial charge in [0.2, 0.25) is 0 Å². The molecular formula is C20H21FN6O2. The van der Waals surface area contributed by atoms with Crippen LogP contribution < -0.4 is 15.5 Å². The summed E-state index contributed by atoms with van der Waals surface area (Å²) in [6.45, 7) is 4.19. The van der Waals surface area contributed by atoms with Crippen LogP contribution in [0.4, 0.5) is 15.9 Å². The first kappa shape index (κ1) is 17.9. The third kappa shape index (κ3) is 3.27. The molecule has 2 aromatic heterocycles. The van der Waals surface area contributed by atoms with Crippen molar-refractivity contribution < 1.29 is 13.9 Å². The molecule has 0 saturated carbocycles. The van der Waals surface area contributed by atoms with E-state index in [0.29, 0.717) is 43.3 Å². The van der Waals surface area contributed by atoms with Crippen molar-refractivity contribution in [2.24, 2.45) is 0 Å². The Morgan fingerprint density at radius 3 is 3.10 bits per heavy atom. The highest BCUT2D eigenvalue weighted by molar-refractivity contribution is 5.99. The summed E-state index contributed by atoms with van der Waals surface area (Å²) in [5.74, 6) is 0.0710. The molecule has 8 nitrogen and oxygen atoms in total. The Hall–Kier alpha value is -3.20. The van der Waals surface area contributed by atoms with E-state index in [4.69, 9.17) is 4.74 Å². The minimum atomic E-state index is -0.280. The highest BCUT2D eigenvalue weighted by Gasteiger charge is 2.26. The number of aromatic nitrogens is 3. The van der Waals surface area contributed by atoms with Gasteiger partial charge in [0, 0.05) is 37.1 Å². The quantitative estimate of drug-likeness (QED) is 0.605. The molecule has 0 unspecified atom stereocenters. The van der Waals surface area contributed by atoms with Gasteiger partial charge in [0.15, 0.2) is 5.65 Å². The molecule has 5 rings (SSSR count). The molecule has 0 spiro atoms. The van der Waals surface area contributed by atoms with Crippen LogP contribution in [0.5, 0.6) is 0 Å². The maximum Gasteiger partial charge on any atom is 0.256 e. The molecule has 4 bridgehead atoms. The molecule has 29 heavy (non-hydrogen) atoms. The number of hydrogen-bond acceptors (Lipinski definition) is 6. The van der Waals surface area contributed by atoms with Crippen LogP contribution >= 0.6 is 0 Å². The van der Waals surface area contributed by atoms with Crippen molar-refractivity contribution in [3.63, 3.8) is 0 Å². The lowest BCUT2D eigenvalue weighted by molar-refractivity contribution is 0.0396. The maximum atomic E-state index is 14.1. The van der Waals surface area contributed by atoms with Crippen molar-refractivity contribution in [2.75, 3.05) is 36.5 Å². The Kier molecular flexibility index (Phi) is 4.31. The van der Waals surface area contributed by atoms with Gasteiger partial charge >= 0.3 is 0 Å². The molecule has 1 saturated heterocycles. The standard InChI is InChI=1S/C20H21FN6O2/c1-12-15-8-13(21)2-3-17(15)26-6-7-29-14(11-26)9-22-20(28)16-10-23-27-5-4-18(24-12)25-19(16)27/h2-5,8,10,12,14H,6-7,9,11H2,1H3,(H,22,28)(H,24,25)/t12-,14+/m1/s1. The molecule has 9 heteroatoms. The molecule has 1 amide bonds. The van der Waals surface area contributed by atoms with E-state index in [2.05, 4.69) is 25.6 Å². The highest BCUT2D eigenvalue weighted by Crippen LogP contribution is 2.31. The first-order chi connectivity index (χ1) is 14.1. The zero-order valence-corrected chi connectivity index (χ0v) is 15.9. The van der Waals surface area contributed by atoms with Gasteiger partial charge in [0.1, 0.15) is 17.2 Å². The van der Waals surface area contributed by atoms with E-state index in [1.807, 2.05) is 6.92 Å². The number of anilines is 2. The summed E-state index contributed by atoms with van der Waals surface area (Å²) in [6.07, 6.45) is 3.09. The van der Waals surface area contributed by atoms with Crippen molar-refractivity contribution in [1.82, 2.24) is 19.9 Å². The second-order valence-corrected chi connectivity index (χ2v) is 7.36. The topological polar surface area (TPSA) is 83.8 Å². The Morgan fingerprint density at radius 2 is 2.21 bits per heavy atom. The second-order valence-electron chi connectivity index (χ2n) is 7.36. The lowest BCUT2D eigenvalue weighted by Crippen LogP contribution is -2.48. The van der Waals surface area contributed by atoms with Crippen molar-refractivity contribution in [2.45, 2.75) is 19.1 Å². The van der Waals surface area contributed by atoms with E-state index >= 15 is 0 Å².